The van der Waals surface area contributed by atoms with E-state index in [9.17, 15) is 9.59 Å². The first-order valence-corrected chi connectivity index (χ1v) is 7.20. The number of carbonyl (C=O) groups is 2. The lowest BCUT2D eigenvalue weighted by molar-refractivity contribution is -0.126. The van der Waals surface area contributed by atoms with Crippen molar-refractivity contribution in [1.29, 1.82) is 0 Å². The standard InChI is InChI=1S/C13H15NO4S/c15-12(9-5-7-1-3-10(9)18-7)14-6-8-2-4-11(19-8)13(16)17/h2,4,7,9-10H,1,3,5-6H2,(H,14,15)(H,16,17). The first-order chi connectivity index (χ1) is 9.13. The zero-order chi connectivity index (χ0) is 13.4. The van der Waals surface area contributed by atoms with Gasteiger partial charge in [0.25, 0.3) is 0 Å². The Morgan fingerprint density at radius 3 is 2.84 bits per heavy atom. The van der Waals surface area contributed by atoms with Crippen LogP contribution < -0.4 is 5.32 Å². The van der Waals surface area contributed by atoms with E-state index in [0.717, 1.165) is 24.1 Å². The summed E-state index contributed by atoms with van der Waals surface area (Å²) < 4.78 is 5.66. The maximum Gasteiger partial charge on any atom is 0.345 e. The molecule has 3 rings (SSSR count). The van der Waals surface area contributed by atoms with E-state index in [2.05, 4.69) is 5.32 Å². The van der Waals surface area contributed by atoms with Crippen LogP contribution in [0.2, 0.25) is 0 Å². The molecule has 102 valence electrons. The van der Waals surface area contributed by atoms with E-state index in [1.165, 1.54) is 11.3 Å². The minimum absolute atomic E-state index is 0.0254. The molecule has 2 N–H and O–H groups in total. The minimum Gasteiger partial charge on any atom is -0.477 e. The molecule has 1 aromatic rings. The zero-order valence-electron chi connectivity index (χ0n) is 10.3. The van der Waals surface area contributed by atoms with Crippen molar-refractivity contribution in [2.75, 3.05) is 0 Å². The number of carbonyl (C=O) groups excluding carboxylic acids is 1. The lowest BCUT2D eigenvalue weighted by atomic mass is 9.88. The van der Waals surface area contributed by atoms with Crippen LogP contribution in [0, 0.1) is 5.92 Å². The summed E-state index contributed by atoms with van der Waals surface area (Å²) in [6, 6.07) is 3.31. The second-order valence-corrected chi connectivity index (χ2v) is 6.17. The number of hydrogen-bond donors (Lipinski definition) is 2. The molecule has 0 radical (unpaired) electrons. The summed E-state index contributed by atoms with van der Waals surface area (Å²) in [7, 11) is 0. The Kier molecular flexibility index (Phi) is 3.28. The third kappa shape index (κ3) is 2.50. The number of fused-ring (bicyclic) bond motifs is 2. The van der Waals surface area contributed by atoms with Gasteiger partial charge >= 0.3 is 5.97 Å². The number of aromatic carboxylic acids is 1. The van der Waals surface area contributed by atoms with Gasteiger partial charge in [-0.05, 0) is 31.4 Å². The fourth-order valence-corrected chi connectivity index (χ4v) is 3.59. The number of carboxylic acids is 1. The van der Waals surface area contributed by atoms with Crippen LogP contribution in [0.25, 0.3) is 0 Å². The van der Waals surface area contributed by atoms with Crippen LogP contribution in [0.5, 0.6) is 0 Å². The quantitative estimate of drug-likeness (QED) is 0.879. The van der Waals surface area contributed by atoms with Crippen LogP contribution in [0.1, 0.15) is 33.8 Å². The topological polar surface area (TPSA) is 75.6 Å². The molecule has 1 amide bonds. The predicted molar refractivity (Wildman–Crippen MR) is 69.1 cm³/mol. The molecule has 2 saturated heterocycles. The number of hydrogen-bond acceptors (Lipinski definition) is 4. The first-order valence-electron chi connectivity index (χ1n) is 6.38. The summed E-state index contributed by atoms with van der Waals surface area (Å²) in [5.41, 5.74) is 0. The predicted octanol–water partition coefficient (Wildman–Crippen LogP) is 1.63. The average molecular weight is 281 g/mol. The molecule has 3 unspecified atom stereocenters. The van der Waals surface area contributed by atoms with Crippen molar-refractivity contribution in [3.63, 3.8) is 0 Å². The number of carboxylic acid groups (broad SMARTS) is 1. The van der Waals surface area contributed by atoms with Gasteiger partial charge in [0.2, 0.25) is 5.91 Å². The summed E-state index contributed by atoms with van der Waals surface area (Å²) in [6.45, 7) is 0.394. The molecule has 2 fully saturated rings. The monoisotopic (exact) mass is 281 g/mol. The van der Waals surface area contributed by atoms with Gasteiger partial charge < -0.3 is 15.2 Å². The number of thiophene rings is 1. The van der Waals surface area contributed by atoms with Crippen LogP contribution in [0.4, 0.5) is 0 Å². The third-order valence-electron chi connectivity index (χ3n) is 3.75. The number of amides is 1. The summed E-state index contributed by atoms with van der Waals surface area (Å²) in [4.78, 5) is 24.0. The number of rotatable bonds is 4. The maximum absolute atomic E-state index is 12.0. The van der Waals surface area contributed by atoms with Gasteiger partial charge in [0.05, 0.1) is 24.7 Å². The molecule has 6 heteroatoms. The van der Waals surface area contributed by atoms with Crippen LogP contribution in [-0.4, -0.2) is 29.2 Å². The Bertz CT molecular complexity index is 512. The minimum atomic E-state index is -0.927. The number of nitrogens with one attached hydrogen (secondary N) is 1. The SMILES string of the molecule is O=C(O)c1ccc(CNC(=O)C2CC3CCC2O3)s1. The van der Waals surface area contributed by atoms with Crippen LogP contribution >= 0.6 is 11.3 Å². The smallest absolute Gasteiger partial charge is 0.345 e. The van der Waals surface area contributed by atoms with Gasteiger partial charge in [0.15, 0.2) is 0 Å². The van der Waals surface area contributed by atoms with Gasteiger partial charge in [-0.3, -0.25) is 4.79 Å². The van der Waals surface area contributed by atoms with Crippen molar-refractivity contribution in [2.45, 2.75) is 38.0 Å². The van der Waals surface area contributed by atoms with Gasteiger partial charge in [0, 0.05) is 4.88 Å². The molecule has 2 aliphatic rings. The summed E-state index contributed by atoms with van der Waals surface area (Å²) >= 11 is 1.20. The molecule has 3 atom stereocenters. The largest absolute Gasteiger partial charge is 0.477 e. The normalized spacial score (nSPS) is 28.5. The average Bonchev–Trinajstić information content (AvgIpc) is 3.11. The first kappa shape index (κ1) is 12.6. The van der Waals surface area contributed by atoms with Crippen LogP contribution in [-0.2, 0) is 16.1 Å². The summed E-state index contributed by atoms with van der Waals surface area (Å²) in [5.74, 6) is -0.931. The Hall–Kier alpha value is -1.40. The zero-order valence-corrected chi connectivity index (χ0v) is 11.1. The molecule has 3 heterocycles. The fraction of sp³-hybridized carbons (Fsp3) is 0.538. The van der Waals surface area contributed by atoms with E-state index in [0.29, 0.717) is 11.4 Å². The molecule has 5 nitrogen and oxygen atoms in total. The van der Waals surface area contributed by atoms with E-state index in [4.69, 9.17) is 9.84 Å². The highest BCUT2D eigenvalue weighted by Gasteiger charge is 2.44. The van der Waals surface area contributed by atoms with Crippen molar-refractivity contribution < 1.29 is 19.4 Å². The molecule has 19 heavy (non-hydrogen) atoms. The van der Waals surface area contributed by atoms with Crippen molar-refractivity contribution in [3.05, 3.63) is 21.9 Å². The highest BCUT2D eigenvalue weighted by atomic mass is 32.1. The van der Waals surface area contributed by atoms with E-state index < -0.39 is 5.97 Å². The Morgan fingerprint density at radius 1 is 1.42 bits per heavy atom. The Labute approximate surface area is 114 Å². The van der Waals surface area contributed by atoms with Crippen molar-refractivity contribution >= 4 is 23.2 Å². The third-order valence-corrected chi connectivity index (χ3v) is 4.83. The summed E-state index contributed by atoms with van der Waals surface area (Å²) in [6.07, 6.45) is 3.22. The highest BCUT2D eigenvalue weighted by Crippen LogP contribution is 2.38. The summed E-state index contributed by atoms with van der Waals surface area (Å²) in [5, 5.41) is 11.7. The van der Waals surface area contributed by atoms with Gasteiger partial charge in [-0.2, -0.15) is 0 Å². The molecule has 2 aliphatic heterocycles. The Balaban J connectivity index is 1.54. The van der Waals surface area contributed by atoms with Crippen molar-refractivity contribution in [3.8, 4) is 0 Å². The molecule has 2 bridgehead atoms. The van der Waals surface area contributed by atoms with Crippen LogP contribution in [0.15, 0.2) is 12.1 Å². The second-order valence-electron chi connectivity index (χ2n) is 5.01. The second kappa shape index (κ2) is 4.94. The van der Waals surface area contributed by atoms with E-state index in [-0.39, 0.29) is 24.0 Å². The molecule has 1 aromatic heterocycles. The van der Waals surface area contributed by atoms with Crippen LogP contribution in [0.3, 0.4) is 0 Å². The van der Waals surface area contributed by atoms with E-state index >= 15 is 0 Å². The molecule has 0 saturated carbocycles. The highest BCUT2D eigenvalue weighted by molar-refractivity contribution is 7.13. The van der Waals surface area contributed by atoms with E-state index in [1.807, 2.05) is 0 Å². The van der Waals surface area contributed by atoms with Gasteiger partial charge in [-0.25, -0.2) is 4.79 Å². The molecule has 0 aromatic carbocycles. The Morgan fingerprint density at radius 2 is 2.26 bits per heavy atom. The van der Waals surface area contributed by atoms with Gasteiger partial charge in [-0.1, -0.05) is 0 Å². The lowest BCUT2D eigenvalue weighted by Crippen LogP contribution is -2.35. The van der Waals surface area contributed by atoms with Gasteiger partial charge in [0.1, 0.15) is 4.88 Å². The number of ether oxygens (including phenoxy) is 1. The molecular formula is C13H15NO4S. The lowest BCUT2D eigenvalue weighted by Gasteiger charge is -2.17. The van der Waals surface area contributed by atoms with Crippen molar-refractivity contribution in [1.82, 2.24) is 5.32 Å². The fourth-order valence-electron chi connectivity index (χ4n) is 2.81. The molecule has 0 aliphatic carbocycles. The van der Waals surface area contributed by atoms with Gasteiger partial charge in [-0.15, -0.1) is 11.3 Å². The van der Waals surface area contributed by atoms with E-state index in [1.54, 1.807) is 12.1 Å². The van der Waals surface area contributed by atoms with Crippen molar-refractivity contribution in [2.24, 2.45) is 5.92 Å². The molecule has 0 spiro atoms. The molecular weight excluding hydrogens is 266 g/mol. The maximum atomic E-state index is 12.0.